The maximum Gasteiger partial charge on any atom is 0.171 e. The van der Waals surface area contributed by atoms with E-state index in [2.05, 4.69) is 11.9 Å². The highest BCUT2D eigenvalue weighted by molar-refractivity contribution is 7.13. The van der Waals surface area contributed by atoms with Crippen LogP contribution in [0.3, 0.4) is 0 Å². The highest BCUT2D eigenvalue weighted by Gasteiger charge is 2.39. The van der Waals surface area contributed by atoms with Gasteiger partial charge in [-0.05, 0) is 25.2 Å². The average molecular weight is 253 g/mol. The second kappa shape index (κ2) is 4.86. The van der Waals surface area contributed by atoms with E-state index in [1.54, 1.807) is 20.2 Å². The van der Waals surface area contributed by atoms with Crippen LogP contribution in [0.2, 0.25) is 0 Å². The van der Waals surface area contributed by atoms with Crippen LogP contribution < -0.4 is 0 Å². The molecule has 0 aliphatic heterocycles. The average Bonchev–Trinajstić information content (AvgIpc) is 2.78. The molecule has 0 radical (unpaired) electrons. The van der Waals surface area contributed by atoms with Crippen LogP contribution in [-0.4, -0.2) is 17.9 Å². The first-order valence-corrected chi connectivity index (χ1v) is 6.91. The van der Waals surface area contributed by atoms with Crippen LogP contribution in [0.15, 0.2) is 6.20 Å². The molecule has 1 aliphatic carbocycles. The molecule has 1 saturated carbocycles. The van der Waals surface area contributed by atoms with Crippen LogP contribution in [0.4, 0.5) is 0 Å². The molecule has 0 bridgehead atoms. The summed E-state index contributed by atoms with van der Waals surface area (Å²) in [5.41, 5.74) is -0.254. The molecule has 0 amide bonds. The molecule has 1 fully saturated rings. The van der Waals surface area contributed by atoms with Crippen molar-refractivity contribution in [1.82, 2.24) is 4.98 Å². The molecule has 0 aromatic carbocycles. The number of methoxy groups -OCH3 is 1. The third-order valence-electron chi connectivity index (χ3n) is 3.59. The Bertz CT molecular complexity index is 415. The minimum atomic E-state index is -0.254. The predicted octanol–water partition coefficient (Wildman–Crippen LogP) is 3.40. The first-order chi connectivity index (χ1) is 8.07. The normalized spacial score (nSPS) is 29.2. The highest BCUT2D eigenvalue weighted by Crippen LogP contribution is 2.43. The zero-order valence-corrected chi connectivity index (χ0v) is 11.5. The first kappa shape index (κ1) is 12.7. The molecule has 94 valence electrons. The van der Waals surface area contributed by atoms with Crippen molar-refractivity contribution in [3.05, 3.63) is 16.1 Å². The van der Waals surface area contributed by atoms with Gasteiger partial charge in [-0.15, -0.1) is 11.3 Å². The van der Waals surface area contributed by atoms with E-state index >= 15 is 0 Å². The van der Waals surface area contributed by atoms with Crippen molar-refractivity contribution >= 4 is 17.1 Å². The highest BCUT2D eigenvalue weighted by atomic mass is 32.1. The van der Waals surface area contributed by atoms with E-state index in [0.29, 0.717) is 5.92 Å². The molecule has 2 unspecified atom stereocenters. The predicted molar refractivity (Wildman–Crippen MR) is 68.4 cm³/mol. The van der Waals surface area contributed by atoms with Crippen LogP contribution in [0.25, 0.3) is 0 Å². The molecule has 17 heavy (non-hydrogen) atoms. The maximum absolute atomic E-state index is 11.3. The fourth-order valence-electron chi connectivity index (χ4n) is 2.62. The summed E-state index contributed by atoms with van der Waals surface area (Å²) >= 11 is 1.49. The van der Waals surface area contributed by atoms with Gasteiger partial charge >= 0.3 is 0 Å². The largest absolute Gasteiger partial charge is 0.371 e. The fourth-order valence-corrected chi connectivity index (χ4v) is 3.64. The standard InChI is InChI=1S/C13H19NO2S/c1-9-5-4-6-13(7-9,16-3)12-14-8-11(17-12)10(2)15/h8-9H,4-7H2,1-3H3. The number of thiazole rings is 1. The van der Waals surface area contributed by atoms with Gasteiger partial charge in [0, 0.05) is 20.2 Å². The molecule has 1 aromatic rings. The van der Waals surface area contributed by atoms with E-state index in [1.165, 1.54) is 24.2 Å². The molecule has 0 saturated heterocycles. The Morgan fingerprint density at radius 3 is 2.94 bits per heavy atom. The van der Waals surface area contributed by atoms with Gasteiger partial charge in [-0.3, -0.25) is 4.79 Å². The number of nitrogens with zero attached hydrogens (tertiary/aromatic N) is 1. The molecule has 0 N–H and O–H groups in total. The SMILES string of the molecule is COC1(c2ncc(C(C)=O)s2)CCCC(C)C1. The molecule has 0 spiro atoms. The lowest BCUT2D eigenvalue weighted by molar-refractivity contribution is -0.0580. The van der Waals surface area contributed by atoms with Gasteiger partial charge in [0.1, 0.15) is 10.6 Å². The first-order valence-electron chi connectivity index (χ1n) is 6.10. The van der Waals surface area contributed by atoms with Crippen LogP contribution in [0, 0.1) is 5.92 Å². The lowest BCUT2D eigenvalue weighted by Crippen LogP contribution is -2.34. The third kappa shape index (κ3) is 2.43. The summed E-state index contributed by atoms with van der Waals surface area (Å²) < 4.78 is 5.76. The van der Waals surface area contributed by atoms with Crippen LogP contribution in [0.5, 0.6) is 0 Å². The minimum Gasteiger partial charge on any atom is -0.371 e. The zero-order chi connectivity index (χ0) is 12.5. The number of ketones is 1. The fraction of sp³-hybridized carbons (Fsp3) is 0.692. The summed E-state index contributed by atoms with van der Waals surface area (Å²) in [4.78, 5) is 16.5. The van der Waals surface area contributed by atoms with E-state index in [-0.39, 0.29) is 11.4 Å². The topological polar surface area (TPSA) is 39.2 Å². The summed E-state index contributed by atoms with van der Waals surface area (Å²) in [6, 6.07) is 0. The van der Waals surface area contributed by atoms with Gasteiger partial charge in [-0.1, -0.05) is 13.3 Å². The van der Waals surface area contributed by atoms with E-state index < -0.39 is 0 Å². The molecule has 1 aromatic heterocycles. The smallest absolute Gasteiger partial charge is 0.171 e. The van der Waals surface area contributed by atoms with Crippen LogP contribution in [-0.2, 0) is 10.3 Å². The molecule has 1 aliphatic rings. The summed E-state index contributed by atoms with van der Waals surface area (Å²) in [7, 11) is 1.76. The molecule has 1 heterocycles. The van der Waals surface area contributed by atoms with Gasteiger partial charge in [0.15, 0.2) is 5.78 Å². The lowest BCUT2D eigenvalue weighted by Gasteiger charge is -2.37. The molecular weight excluding hydrogens is 234 g/mol. The van der Waals surface area contributed by atoms with Gasteiger partial charge in [0.05, 0.1) is 4.88 Å². The van der Waals surface area contributed by atoms with E-state index in [1.807, 2.05) is 0 Å². The van der Waals surface area contributed by atoms with Crippen molar-refractivity contribution in [3.63, 3.8) is 0 Å². The Morgan fingerprint density at radius 1 is 1.65 bits per heavy atom. The number of ether oxygens (including phenoxy) is 1. The Balaban J connectivity index is 2.30. The van der Waals surface area contributed by atoms with Crippen molar-refractivity contribution in [3.8, 4) is 0 Å². The molecule has 3 nitrogen and oxygen atoms in total. The summed E-state index contributed by atoms with van der Waals surface area (Å²) in [5, 5.41) is 0.969. The van der Waals surface area contributed by atoms with Gasteiger partial charge in [-0.2, -0.15) is 0 Å². The molecular formula is C13H19NO2S. The van der Waals surface area contributed by atoms with Gasteiger partial charge in [-0.25, -0.2) is 4.98 Å². The van der Waals surface area contributed by atoms with Crippen molar-refractivity contribution < 1.29 is 9.53 Å². The summed E-state index contributed by atoms with van der Waals surface area (Å²) in [6.45, 7) is 3.84. The number of hydrogen-bond donors (Lipinski definition) is 0. The van der Waals surface area contributed by atoms with Gasteiger partial charge in [0.2, 0.25) is 0 Å². The van der Waals surface area contributed by atoms with Crippen molar-refractivity contribution in [1.29, 1.82) is 0 Å². The quantitative estimate of drug-likeness (QED) is 0.775. The van der Waals surface area contributed by atoms with E-state index in [0.717, 1.165) is 22.7 Å². The number of aromatic nitrogens is 1. The lowest BCUT2D eigenvalue weighted by atomic mass is 9.79. The number of rotatable bonds is 3. The minimum absolute atomic E-state index is 0.0869. The van der Waals surface area contributed by atoms with Crippen molar-refractivity contribution in [2.75, 3.05) is 7.11 Å². The molecule has 2 atom stereocenters. The zero-order valence-electron chi connectivity index (χ0n) is 10.7. The maximum atomic E-state index is 11.3. The number of carbonyl (C=O) groups excluding carboxylic acids is 1. The second-order valence-electron chi connectivity index (χ2n) is 4.99. The van der Waals surface area contributed by atoms with Crippen molar-refractivity contribution in [2.24, 2.45) is 5.92 Å². The second-order valence-corrected chi connectivity index (χ2v) is 6.02. The third-order valence-corrected chi connectivity index (χ3v) is 4.87. The van der Waals surface area contributed by atoms with E-state index in [9.17, 15) is 4.79 Å². The van der Waals surface area contributed by atoms with Crippen LogP contribution >= 0.6 is 11.3 Å². The Morgan fingerprint density at radius 2 is 2.41 bits per heavy atom. The van der Waals surface area contributed by atoms with E-state index in [4.69, 9.17) is 4.74 Å². The number of hydrogen-bond acceptors (Lipinski definition) is 4. The van der Waals surface area contributed by atoms with Crippen LogP contribution in [0.1, 0.15) is 54.2 Å². The Labute approximate surface area is 106 Å². The summed E-state index contributed by atoms with van der Waals surface area (Å²) in [5.74, 6) is 0.747. The molecule has 2 rings (SSSR count). The Kier molecular flexibility index (Phi) is 3.64. The molecule has 4 heteroatoms. The van der Waals surface area contributed by atoms with Crippen molar-refractivity contribution in [2.45, 2.75) is 45.1 Å². The number of carbonyl (C=O) groups is 1. The van der Waals surface area contributed by atoms with Gasteiger partial charge < -0.3 is 4.74 Å². The summed E-state index contributed by atoms with van der Waals surface area (Å²) in [6.07, 6.45) is 6.13. The Hall–Kier alpha value is -0.740. The monoisotopic (exact) mass is 253 g/mol. The van der Waals surface area contributed by atoms with Gasteiger partial charge in [0.25, 0.3) is 0 Å². The number of Topliss-reactive ketones (excluding diaryl/α,β-unsaturated/α-hetero) is 1.